The number of hydrogen-bond donors (Lipinski definition) is 1. The number of para-hydroxylation sites is 1. The van der Waals surface area contributed by atoms with E-state index in [1.54, 1.807) is 18.2 Å². The minimum absolute atomic E-state index is 0.117. The van der Waals surface area contributed by atoms with E-state index in [9.17, 15) is 9.18 Å². The van der Waals surface area contributed by atoms with Gasteiger partial charge < -0.3 is 14.8 Å². The predicted octanol–water partition coefficient (Wildman–Crippen LogP) is 4.25. The molecule has 0 aromatic heterocycles. The lowest BCUT2D eigenvalue weighted by molar-refractivity contribution is -0.0385. The zero-order valence-corrected chi connectivity index (χ0v) is 14.0. The van der Waals surface area contributed by atoms with E-state index < -0.39 is 5.97 Å². The van der Waals surface area contributed by atoms with Gasteiger partial charge in [-0.3, -0.25) is 0 Å². The first kappa shape index (κ1) is 16.1. The van der Waals surface area contributed by atoms with Crippen LogP contribution in [0.5, 0.6) is 0 Å². The number of methoxy groups -OCH3 is 1. The van der Waals surface area contributed by atoms with Crippen molar-refractivity contribution in [1.82, 2.24) is 0 Å². The number of anilines is 1. The molecule has 1 N–H and O–H groups in total. The molecule has 2 aliphatic rings. The van der Waals surface area contributed by atoms with Crippen molar-refractivity contribution in [3.63, 3.8) is 0 Å². The molecule has 0 amide bonds. The number of benzene rings is 2. The van der Waals surface area contributed by atoms with E-state index in [0.717, 1.165) is 18.4 Å². The molecule has 0 unspecified atom stereocenters. The molecule has 0 aliphatic carbocycles. The van der Waals surface area contributed by atoms with Gasteiger partial charge in [-0.2, -0.15) is 0 Å². The molecule has 2 aromatic carbocycles. The summed E-state index contributed by atoms with van der Waals surface area (Å²) in [6.45, 7) is 0.674. The lowest BCUT2D eigenvalue weighted by atomic mass is 9.77. The molecule has 4 rings (SSSR count). The maximum Gasteiger partial charge on any atom is 0.339 e. The Hall–Kier alpha value is -2.40. The Balaban J connectivity index is 1.85. The molecule has 0 radical (unpaired) electrons. The van der Waals surface area contributed by atoms with E-state index in [4.69, 9.17) is 9.47 Å². The number of halogens is 1. The zero-order chi connectivity index (χ0) is 17.4. The number of hydrogen-bond acceptors (Lipinski definition) is 4. The molecule has 0 saturated carbocycles. The monoisotopic (exact) mass is 341 g/mol. The van der Waals surface area contributed by atoms with E-state index in [0.29, 0.717) is 23.4 Å². The minimum Gasteiger partial charge on any atom is -0.465 e. The van der Waals surface area contributed by atoms with Crippen LogP contribution in [0.4, 0.5) is 10.1 Å². The van der Waals surface area contributed by atoms with Gasteiger partial charge in [0.25, 0.3) is 0 Å². The molecule has 4 nitrogen and oxygen atoms in total. The number of nitrogens with one attached hydrogen (secondary N) is 1. The van der Waals surface area contributed by atoms with Crippen molar-refractivity contribution in [3.05, 3.63) is 65.0 Å². The molecule has 5 heteroatoms. The lowest BCUT2D eigenvalue weighted by Gasteiger charge is -2.43. The molecule has 3 atom stereocenters. The Kier molecular flexibility index (Phi) is 4.17. The quantitative estimate of drug-likeness (QED) is 0.830. The highest BCUT2D eigenvalue weighted by atomic mass is 19.1. The van der Waals surface area contributed by atoms with Crippen molar-refractivity contribution >= 4 is 11.7 Å². The highest BCUT2D eigenvalue weighted by Crippen LogP contribution is 2.50. The highest BCUT2D eigenvalue weighted by molar-refractivity contribution is 5.96. The van der Waals surface area contributed by atoms with Gasteiger partial charge in [0.05, 0.1) is 30.5 Å². The summed E-state index contributed by atoms with van der Waals surface area (Å²) in [6, 6.07) is 12.1. The first-order valence-corrected chi connectivity index (χ1v) is 8.54. The maximum absolute atomic E-state index is 14.5. The van der Waals surface area contributed by atoms with Gasteiger partial charge in [-0.15, -0.1) is 0 Å². The Labute approximate surface area is 146 Å². The van der Waals surface area contributed by atoms with Gasteiger partial charge >= 0.3 is 5.97 Å². The number of fused-ring (bicyclic) bond motifs is 3. The Bertz CT molecular complexity index is 807. The van der Waals surface area contributed by atoms with Gasteiger partial charge in [0.2, 0.25) is 0 Å². The van der Waals surface area contributed by atoms with Crippen LogP contribution < -0.4 is 5.32 Å². The Morgan fingerprint density at radius 1 is 1.20 bits per heavy atom. The van der Waals surface area contributed by atoms with E-state index in [1.165, 1.54) is 13.2 Å². The summed E-state index contributed by atoms with van der Waals surface area (Å²) in [4.78, 5) is 12.2. The van der Waals surface area contributed by atoms with Crippen LogP contribution in [0.2, 0.25) is 0 Å². The second kappa shape index (κ2) is 6.48. The van der Waals surface area contributed by atoms with Crippen LogP contribution in [0.1, 0.15) is 46.5 Å². The van der Waals surface area contributed by atoms with E-state index in [1.807, 2.05) is 18.2 Å². The van der Waals surface area contributed by atoms with Crippen LogP contribution in [0.3, 0.4) is 0 Å². The Morgan fingerprint density at radius 2 is 2.00 bits per heavy atom. The smallest absolute Gasteiger partial charge is 0.339 e. The average molecular weight is 341 g/mol. The fourth-order valence-corrected chi connectivity index (χ4v) is 4.01. The number of carbonyl (C=O) groups excluding carboxylic acids is 1. The van der Waals surface area contributed by atoms with Crippen LogP contribution in [-0.2, 0) is 9.47 Å². The van der Waals surface area contributed by atoms with E-state index >= 15 is 0 Å². The minimum atomic E-state index is -0.411. The van der Waals surface area contributed by atoms with Crippen LogP contribution in [0.15, 0.2) is 42.5 Å². The molecule has 2 aromatic rings. The molecule has 0 spiro atoms. The third-order valence-corrected chi connectivity index (χ3v) is 5.14. The van der Waals surface area contributed by atoms with Crippen molar-refractivity contribution in [2.24, 2.45) is 5.92 Å². The van der Waals surface area contributed by atoms with Gasteiger partial charge in [0, 0.05) is 23.7 Å². The number of rotatable bonds is 2. The van der Waals surface area contributed by atoms with E-state index in [-0.39, 0.29) is 23.9 Å². The van der Waals surface area contributed by atoms with Gasteiger partial charge in [0.15, 0.2) is 0 Å². The zero-order valence-electron chi connectivity index (χ0n) is 14.0. The lowest BCUT2D eigenvalue weighted by Crippen LogP contribution is -2.37. The summed E-state index contributed by atoms with van der Waals surface area (Å²) < 4.78 is 25.4. The first-order valence-electron chi connectivity index (χ1n) is 8.54. The van der Waals surface area contributed by atoms with Gasteiger partial charge in [-0.05, 0) is 25.0 Å². The molecule has 2 heterocycles. The average Bonchev–Trinajstić information content (AvgIpc) is 2.67. The molecule has 25 heavy (non-hydrogen) atoms. The maximum atomic E-state index is 14.5. The van der Waals surface area contributed by atoms with Crippen LogP contribution in [0.25, 0.3) is 0 Å². The fourth-order valence-electron chi connectivity index (χ4n) is 4.01. The third-order valence-electron chi connectivity index (χ3n) is 5.14. The van der Waals surface area contributed by atoms with Crippen molar-refractivity contribution < 1.29 is 18.7 Å². The van der Waals surface area contributed by atoms with Gasteiger partial charge in [-0.1, -0.05) is 30.3 Å². The second-order valence-corrected chi connectivity index (χ2v) is 6.50. The van der Waals surface area contributed by atoms with Crippen molar-refractivity contribution in [2.75, 3.05) is 19.0 Å². The SMILES string of the molecule is COC(=O)c1cccc2c1N[C@@H](c1ccccc1F)[C@H]1CCCO[C@@H]21. The molecular weight excluding hydrogens is 321 g/mol. The predicted molar refractivity (Wildman–Crippen MR) is 92.0 cm³/mol. The standard InChI is InChI=1S/C20H20FNO3/c1-24-20(23)15-8-4-7-13-18(15)22-17(12-6-2-3-10-16(12)21)14-9-5-11-25-19(13)14/h2-4,6-8,10,14,17,19,22H,5,9,11H2,1H3/t14-,17+,19+/m1/s1. The summed E-state index contributed by atoms with van der Waals surface area (Å²) in [5.74, 6) is -0.541. The molecule has 0 bridgehead atoms. The second-order valence-electron chi connectivity index (χ2n) is 6.50. The van der Waals surface area contributed by atoms with E-state index in [2.05, 4.69) is 5.32 Å². The first-order chi connectivity index (χ1) is 12.2. The third kappa shape index (κ3) is 2.68. The Morgan fingerprint density at radius 3 is 2.80 bits per heavy atom. The molecule has 130 valence electrons. The number of esters is 1. The van der Waals surface area contributed by atoms with Crippen molar-refractivity contribution in [3.8, 4) is 0 Å². The normalized spacial score (nSPS) is 24.6. The highest BCUT2D eigenvalue weighted by Gasteiger charge is 2.41. The van der Waals surface area contributed by atoms with Crippen molar-refractivity contribution in [2.45, 2.75) is 25.0 Å². The summed E-state index contributed by atoms with van der Waals surface area (Å²) >= 11 is 0. The topological polar surface area (TPSA) is 47.6 Å². The number of ether oxygens (including phenoxy) is 2. The fraction of sp³-hybridized carbons (Fsp3) is 0.350. The molecule has 1 fully saturated rings. The van der Waals surface area contributed by atoms with Crippen LogP contribution >= 0.6 is 0 Å². The van der Waals surface area contributed by atoms with Crippen molar-refractivity contribution in [1.29, 1.82) is 0 Å². The number of carbonyl (C=O) groups is 1. The van der Waals surface area contributed by atoms with Crippen LogP contribution in [0, 0.1) is 11.7 Å². The van der Waals surface area contributed by atoms with Crippen LogP contribution in [-0.4, -0.2) is 19.7 Å². The summed E-state index contributed by atoms with van der Waals surface area (Å²) in [7, 11) is 1.36. The molecule has 1 saturated heterocycles. The van der Waals surface area contributed by atoms with Gasteiger partial charge in [0.1, 0.15) is 5.82 Å². The summed E-state index contributed by atoms with van der Waals surface area (Å²) in [5, 5.41) is 3.42. The van der Waals surface area contributed by atoms with Gasteiger partial charge in [-0.25, -0.2) is 9.18 Å². The largest absolute Gasteiger partial charge is 0.465 e. The summed E-state index contributed by atoms with van der Waals surface area (Å²) in [5.41, 5.74) is 2.69. The molecular formula is C20H20FNO3. The molecule has 2 aliphatic heterocycles. The summed E-state index contributed by atoms with van der Waals surface area (Å²) in [6.07, 6.45) is 1.73.